The van der Waals surface area contributed by atoms with Crippen molar-refractivity contribution in [3.8, 4) is 0 Å². The molecule has 3 atom stereocenters. The molecule has 3 heterocycles. The van der Waals surface area contributed by atoms with E-state index in [1.54, 1.807) is 16.7 Å². The highest BCUT2D eigenvalue weighted by molar-refractivity contribution is 8.00. The lowest BCUT2D eigenvalue weighted by atomic mass is 9.76. The van der Waals surface area contributed by atoms with E-state index in [0.29, 0.717) is 17.9 Å². The summed E-state index contributed by atoms with van der Waals surface area (Å²) in [7, 11) is 0. The average Bonchev–Trinajstić information content (AvgIpc) is 3.02. The van der Waals surface area contributed by atoms with Crippen molar-refractivity contribution in [2.24, 2.45) is 0 Å². The molecule has 1 amide bonds. The number of benzene rings is 3. The van der Waals surface area contributed by atoms with Crippen molar-refractivity contribution >= 4 is 23.6 Å². The molecule has 0 aromatic heterocycles. The van der Waals surface area contributed by atoms with Crippen LogP contribution in [0.25, 0.3) is 0 Å². The minimum atomic E-state index is -0.789. The Labute approximate surface area is 258 Å². The highest BCUT2D eigenvalue weighted by atomic mass is 32.2. The summed E-state index contributed by atoms with van der Waals surface area (Å²) in [5.74, 6) is 0.0962. The number of fused-ring (bicyclic) bond motifs is 1. The summed E-state index contributed by atoms with van der Waals surface area (Å²) < 4.78 is 11.9. The maximum atomic E-state index is 14.3. The first kappa shape index (κ1) is 29.7. The number of esters is 1. The zero-order valence-corrected chi connectivity index (χ0v) is 25.9. The van der Waals surface area contributed by atoms with Crippen LogP contribution in [0, 0.1) is 0 Å². The lowest BCUT2D eigenvalue weighted by molar-refractivity contribution is -0.159. The summed E-state index contributed by atoms with van der Waals surface area (Å²) in [6.45, 7) is 6.33. The minimum absolute atomic E-state index is 0.0607. The van der Waals surface area contributed by atoms with Crippen molar-refractivity contribution in [1.82, 2.24) is 10.2 Å². The average molecular weight is 597 g/mol. The Balaban J connectivity index is 1.39. The van der Waals surface area contributed by atoms with Crippen molar-refractivity contribution in [2.75, 3.05) is 12.4 Å². The van der Waals surface area contributed by atoms with Gasteiger partial charge in [0.15, 0.2) is 0 Å². The Morgan fingerprint density at radius 3 is 1.95 bits per heavy atom. The third-order valence-corrected chi connectivity index (χ3v) is 9.72. The van der Waals surface area contributed by atoms with Gasteiger partial charge in [-0.25, -0.2) is 4.79 Å². The third kappa shape index (κ3) is 5.91. The van der Waals surface area contributed by atoms with Gasteiger partial charge < -0.3 is 9.47 Å². The smallest absolute Gasteiger partial charge is 0.355 e. The summed E-state index contributed by atoms with van der Waals surface area (Å²) in [5, 5.41) is 3.61. The highest BCUT2D eigenvalue weighted by Crippen LogP contribution is 2.46. The molecule has 43 heavy (non-hydrogen) atoms. The first-order chi connectivity index (χ1) is 20.8. The van der Waals surface area contributed by atoms with E-state index in [-0.39, 0.29) is 17.4 Å². The number of β-lactam (4-membered cyclic amide) rings is 1. The van der Waals surface area contributed by atoms with Gasteiger partial charge in [0.05, 0.1) is 11.6 Å². The van der Waals surface area contributed by atoms with Gasteiger partial charge in [0.25, 0.3) is 0 Å². The number of nitrogens with zero attached hydrogens (tertiary/aromatic N) is 1. The molecular formula is C36H40N2O4S. The van der Waals surface area contributed by atoms with Crippen LogP contribution in [-0.2, 0) is 24.6 Å². The molecule has 3 aliphatic rings. The second-order valence-electron chi connectivity index (χ2n) is 12.5. The molecule has 3 aromatic rings. The Bertz CT molecular complexity index is 1370. The molecule has 6 rings (SSSR count). The van der Waals surface area contributed by atoms with Crippen molar-refractivity contribution < 1.29 is 19.1 Å². The van der Waals surface area contributed by atoms with Gasteiger partial charge in [-0.2, -0.15) is 0 Å². The van der Waals surface area contributed by atoms with E-state index >= 15 is 0 Å². The van der Waals surface area contributed by atoms with E-state index in [4.69, 9.17) is 9.47 Å². The molecule has 2 unspecified atom stereocenters. The Morgan fingerprint density at radius 1 is 0.907 bits per heavy atom. The normalized spacial score (nSPS) is 22.5. The molecule has 0 radical (unpaired) electrons. The van der Waals surface area contributed by atoms with Gasteiger partial charge in [-0.1, -0.05) is 91.0 Å². The highest BCUT2D eigenvalue weighted by Gasteiger charge is 2.57. The molecule has 0 bridgehead atoms. The maximum absolute atomic E-state index is 14.3. The Morgan fingerprint density at radius 2 is 1.47 bits per heavy atom. The quantitative estimate of drug-likeness (QED) is 0.184. The van der Waals surface area contributed by atoms with Crippen LogP contribution in [0.2, 0.25) is 0 Å². The van der Waals surface area contributed by atoms with Gasteiger partial charge in [-0.05, 0) is 68.7 Å². The second kappa shape index (κ2) is 12.3. The van der Waals surface area contributed by atoms with Crippen LogP contribution in [0.1, 0.15) is 63.1 Å². The number of hydrogen-bond acceptors (Lipinski definition) is 6. The molecule has 2 saturated heterocycles. The van der Waals surface area contributed by atoms with Crippen molar-refractivity contribution in [2.45, 2.75) is 75.1 Å². The van der Waals surface area contributed by atoms with Crippen molar-refractivity contribution in [1.29, 1.82) is 0 Å². The third-order valence-electron chi connectivity index (χ3n) is 8.38. The van der Waals surface area contributed by atoms with Crippen LogP contribution in [0.15, 0.2) is 102 Å². The molecule has 2 fully saturated rings. The van der Waals surface area contributed by atoms with E-state index in [9.17, 15) is 9.59 Å². The summed E-state index contributed by atoms with van der Waals surface area (Å²) in [6, 6.07) is 30.3. The first-order valence-corrected chi connectivity index (χ1v) is 16.3. The van der Waals surface area contributed by atoms with Gasteiger partial charge in [-0.3, -0.25) is 15.0 Å². The number of thioether (sulfide) groups is 1. The lowest BCUT2D eigenvalue weighted by Gasteiger charge is -2.53. The number of nitrogens with one attached hydrogen (secondary N) is 1. The SMILES string of the molecule is CC(C)(C)OC(=O)C1=C(CC2CCCCO2)CS[C@@H]2C(NC(c3ccccc3)(c3ccccc3)c3ccccc3)C(=O)N12. The summed E-state index contributed by atoms with van der Waals surface area (Å²) >= 11 is 1.71. The van der Waals surface area contributed by atoms with Gasteiger partial charge in [0.1, 0.15) is 22.7 Å². The largest absolute Gasteiger partial charge is 0.455 e. The monoisotopic (exact) mass is 596 g/mol. The topological polar surface area (TPSA) is 67.9 Å². The number of amides is 1. The van der Waals surface area contributed by atoms with Crippen LogP contribution >= 0.6 is 11.8 Å². The molecule has 7 heteroatoms. The van der Waals surface area contributed by atoms with E-state index in [1.165, 1.54) is 0 Å². The second-order valence-corrected chi connectivity index (χ2v) is 13.6. The molecule has 0 saturated carbocycles. The van der Waals surface area contributed by atoms with E-state index in [0.717, 1.165) is 48.1 Å². The summed E-state index contributed by atoms with van der Waals surface area (Å²) in [5.41, 5.74) is 3.00. The molecule has 0 spiro atoms. The standard InChI is InChI=1S/C36H40N2O4S/c1-35(2,3)42-34(40)31-25(23-29-21-13-14-22-41-29)24-43-33-30(32(39)38(31)33)37-36(26-15-7-4-8-16-26,27-17-9-5-10-18-27)28-19-11-6-12-20-28/h4-12,15-20,29-30,33,37H,13-14,21-24H2,1-3H3/t29?,30?,33-/m1/s1. The van der Waals surface area contributed by atoms with E-state index < -0.39 is 23.2 Å². The number of hydrogen-bond donors (Lipinski definition) is 1. The summed E-state index contributed by atoms with van der Waals surface area (Å²) in [6.07, 6.45) is 3.84. The van der Waals surface area contributed by atoms with Crippen LogP contribution in [0.4, 0.5) is 0 Å². The molecular weight excluding hydrogens is 556 g/mol. The number of carbonyl (C=O) groups is 2. The number of carbonyl (C=O) groups excluding carboxylic acids is 2. The van der Waals surface area contributed by atoms with Crippen LogP contribution in [0.3, 0.4) is 0 Å². The van der Waals surface area contributed by atoms with Crippen molar-refractivity contribution in [3.05, 3.63) is 119 Å². The van der Waals surface area contributed by atoms with Gasteiger partial charge >= 0.3 is 5.97 Å². The minimum Gasteiger partial charge on any atom is -0.455 e. The van der Waals surface area contributed by atoms with Crippen LogP contribution in [-0.4, -0.2) is 52.3 Å². The molecule has 1 N–H and O–H groups in total. The van der Waals surface area contributed by atoms with Gasteiger partial charge in [0.2, 0.25) is 5.91 Å². The fourth-order valence-electron chi connectivity index (χ4n) is 6.45. The lowest BCUT2D eigenvalue weighted by Crippen LogP contribution is -2.73. The first-order valence-electron chi connectivity index (χ1n) is 15.2. The van der Waals surface area contributed by atoms with Crippen LogP contribution < -0.4 is 5.32 Å². The zero-order valence-electron chi connectivity index (χ0n) is 25.1. The van der Waals surface area contributed by atoms with Gasteiger partial charge in [-0.15, -0.1) is 11.8 Å². The Hall–Kier alpha value is -3.39. The van der Waals surface area contributed by atoms with E-state index in [1.807, 2.05) is 75.4 Å². The van der Waals surface area contributed by atoms with E-state index in [2.05, 4.69) is 41.7 Å². The number of ether oxygens (including phenoxy) is 2. The number of rotatable bonds is 8. The molecule has 6 nitrogen and oxygen atoms in total. The fraction of sp³-hybridized carbons (Fsp3) is 0.389. The maximum Gasteiger partial charge on any atom is 0.355 e. The fourth-order valence-corrected chi connectivity index (χ4v) is 7.81. The summed E-state index contributed by atoms with van der Waals surface area (Å²) in [4.78, 5) is 29.7. The predicted octanol–water partition coefficient (Wildman–Crippen LogP) is 6.41. The molecule has 0 aliphatic carbocycles. The molecule has 224 valence electrons. The van der Waals surface area contributed by atoms with Crippen LogP contribution in [0.5, 0.6) is 0 Å². The Kier molecular flexibility index (Phi) is 8.49. The zero-order chi connectivity index (χ0) is 30.0. The molecule has 3 aliphatic heterocycles. The molecule has 3 aromatic carbocycles. The predicted molar refractivity (Wildman–Crippen MR) is 170 cm³/mol. The van der Waals surface area contributed by atoms with Crippen molar-refractivity contribution in [3.63, 3.8) is 0 Å². The van der Waals surface area contributed by atoms with Gasteiger partial charge in [0, 0.05) is 12.4 Å².